The van der Waals surface area contributed by atoms with Crippen LogP contribution in [0.3, 0.4) is 0 Å². The lowest BCUT2D eigenvalue weighted by atomic mass is 10.2. The third-order valence-corrected chi connectivity index (χ3v) is 7.44. The molecule has 0 radical (unpaired) electrons. The fraction of sp³-hybridized carbons (Fsp3) is 0.0500. The molecule has 9 nitrogen and oxygen atoms in total. The molecule has 3 N–H and O–H groups in total. The normalized spacial score (nSPS) is 11.6. The van der Waals surface area contributed by atoms with Crippen molar-refractivity contribution >= 4 is 49.0 Å². The summed E-state index contributed by atoms with van der Waals surface area (Å²) in [6, 6.07) is 14.7. The second-order valence-electron chi connectivity index (χ2n) is 6.39. The molecule has 0 aliphatic carbocycles. The van der Waals surface area contributed by atoms with Gasteiger partial charge in [-0.05, 0) is 48.5 Å². The Morgan fingerprint density at radius 3 is 2.31 bits per heavy atom. The predicted molar refractivity (Wildman–Crippen MR) is 119 cm³/mol. The van der Waals surface area contributed by atoms with Gasteiger partial charge in [-0.25, -0.2) is 21.6 Å². The summed E-state index contributed by atoms with van der Waals surface area (Å²) in [5, 5.41) is 8.91. The molecule has 0 saturated carbocycles. The van der Waals surface area contributed by atoms with Crippen LogP contribution in [0.4, 0.5) is 11.4 Å². The van der Waals surface area contributed by atoms with E-state index in [0.29, 0.717) is 5.75 Å². The average molecular weight is 497 g/mol. The molecule has 0 amide bonds. The maximum atomic E-state index is 12.8. The molecule has 0 fully saturated rings. The molecule has 32 heavy (non-hydrogen) atoms. The van der Waals surface area contributed by atoms with Crippen molar-refractivity contribution in [1.82, 2.24) is 0 Å². The Bertz CT molecular complexity index is 1390. The number of methoxy groups -OCH3 is 1. The molecular formula is C20H17ClN2O7S2. The smallest absolute Gasteiger partial charge is 0.335 e. The lowest BCUT2D eigenvalue weighted by Gasteiger charge is -2.13. The van der Waals surface area contributed by atoms with Gasteiger partial charge in [-0.15, -0.1) is 0 Å². The molecule has 0 unspecified atom stereocenters. The molecule has 0 aromatic heterocycles. The highest BCUT2D eigenvalue weighted by Crippen LogP contribution is 2.28. The molecule has 12 heteroatoms. The molecule has 3 aromatic carbocycles. The summed E-state index contributed by atoms with van der Waals surface area (Å²) in [6.45, 7) is 0. The van der Waals surface area contributed by atoms with E-state index in [1.807, 2.05) is 0 Å². The van der Waals surface area contributed by atoms with Crippen LogP contribution in [0.1, 0.15) is 10.4 Å². The SMILES string of the molecule is COc1ccccc1NS(=O)(=O)c1cccc(NS(=O)(=O)c2cc(C(=O)O)ccc2Cl)c1. The minimum atomic E-state index is -4.31. The van der Waals surface area contributed by atoms with Gasteiger partial charge in [0, 0.05) is 0 Å². The predicted octanol–water partition coefficient (Wildman–Crippen LogP) is 3.65. The van der Waals surface area contributed by atoms with E-state index in [4.69, 9.17) is 21.4 Å². The number of sulfonamides is 2. The number of carboxylic acids is 1. The number of hydrogen-bond acceptors (Lipinski definition) is 6. The van der Waals surface area contributed by atoms with E-state index < -0.39 is 30.9 Å². The Balaban J connectivity index is 1.92. The number of hydrogen-bond donors (Lipinski definition) is 3. The average Bonchev–Trinajstić information content (AvgIpc) is 2.73. The van der Waals surface area contributed by atoms with Crippen LogP contribution in [0.25, 0.3) is 0 Å². The summed E-state index contributed by atoms with van der Waals surface area (Å²) in [7, 11) is -7.00. The first kappa shape index (κ1) is 23.4. The van der Waals surface area contributed by atoms with E-state index in [2.05, 4.69) is 9.44 Å². The van der Waals surface area contributed by atoms with Crippen molar-refractivity contribution in [2.24, 2.45) is 0 Å². The van der Waals surface area contributed by atoms with Crippen molar-refractivity contribution in [3.8, 4) is 5.75 Å². The molecule has 3 rings (SSSR count). The van der Waals surface area contributed by atoms with Gasteiger partial charge in [0.1, 0.15) is 10.6 Å². The van der Waals surface area contributed by atoms with Crippen LogP contribution in [0.15, 0.2) is 76.5 Å². The second kappa shape index (κ2) is 9.07. The lowest BCUT2D eigenvalue weighted by molar-refractivity contribution is 0.0696. The Morgan fingerprint density at radius 1 is 0.906 bits per heavy atom. The first-order valence-electron chi connectivity index (χ1n) is 8.85. The van der Waals surface area contributed by atoms with E-state index in [1.54, 1.807) is 18.2 Å². The van der Waals surface area contributed by atoms with E-state index >= 15 is 0 Å². The third kappa shape index (κ3) is 5.13. The fourth-order valence-corrected chi connectivity index (χ4v) is 5.40. The van der Waals surface area contributed by atoms with Gasteiger partial charge in [-0.2, -0.15) is 0 Å². The standard InChI is InChI=1S/C20H17ClN2O7S2/c1-30-18-8-3-2-7-17(18)23-31(26,27)15-6-4-5-14(12-15)22-32(28,29)19-11-13(20(24)25)9-10-16(19)21/h2-12,22-23H,1H3,(H,24,25). The van der Waals surface area contributed by atoms with Crippen LogP contribution in [0.2, 0.25) is 5.02 Å². The molecule has 168 valence electrons. The monoisotopic (exact) mass is 496 g/mol. The fourth-order valence-electron chi connectivity index (χ4n) is 2.71. The maximum absolute atomic E-state index is 12.8. The van der Waals surface area contributed by atoms with Crippen LogP contribution in [0.5, 0.6) is 5.75 Å². The highest BCUT2D eigenvalue weighted by molar-refractivity contribution is 7.93. The number of ether oxygens (including phenoxy) is 1. The van der Waals surface area contributed by atoms with Crippen molar-refractivity contribution in [3.63, 3.8) is 0 Å². The molecule has 0 aliphatic heterocycles. The summed E-state index contributed by atoms with van der Waals surface area (Å²) in [5.41, 5.74) is -0.130. The topological polar surface area (TPSA) is 139 Å². The Labute approximate surface area is 189 Å². The van der Waals surface area contributed by atoms with Gasteiger partial charge in [-0.1, -0.05) is 29.8 Å². The number of carboxylic acid groups (broad SMARTS) is 1. The van der Waals surface area contributed by atoms with Crippen molar-refractivity contribution in [1.29, 1.82) is 0 Å². The molecule has 0 atom stereocenters. The number of rotatable bonds is 8. The Hall–Kier alpha value is -3.28. The first-order valence-corrected chi connectivity index (χ1v) is 12.2. The van der Waals surface area contributed by atoms with Crippen LogP contribution in [0, 0.1) is 0 Å². The van der Waals surface area contributed by atoms with Gasteiger partial charge >= 0.3 is 5.97 Å². The quantitative estimate of drug-likeness (QED) is 0.432. The zero-order valence-electron chi connectivity index (χ0n) is 16.4. The number of anilines is 2. The summed E-state index contributed by atoms with van der Waals surface area (Å²) in [5.74, 6) is -1.02. The molecule has 3 aromatic rings. The Kier molecular flexibility index (Phi) is 6.63. The van der Waals surface area contributed by atoms with Gasteiger partial charge in [0.25, 0.3) is 20.0 Å². The molecule has 0 spiro atoms. The minimum Gasteiger partial charge on any atom is -0.495 e. The van der Waals surface area contributed by atoms with Crippen LogP contribution < -0.4 is 14.2 Å². The number of benzene rings is 3. The number of carbonyl (C=O) groups is 1. The number of nitrogens with one attached hydrogen (secondary N) is 2. The lowest BCUT2D eigenvalue weighted by Crippen LogP contribution is -2.16. The second-order valence-corrected chi connectivity index (χ2v) is 10.1. The number of halogens is 1. The van der Waals surface area contributed by atoms with E-state index in [-0.39, 0.29) is 26.9 Å². The highest BCUT2D eigenvalue weighted by atomic mass is 35.5. The van der Waals surface area contributed by atoms with Gasteiger partial charge in [0.2, 0.25) is 0 Å². The van der Waals surface area contributed by atoms with Crippen LogP contribution >= 0.6 is 11.6 Å². The summed E-state index contributed by atoms with van der Waals surface area (Å²) in [4.78, 5) is 10.5. The van der Waals surface area contributed by atoms with E-state index in [0.717, 1.165) is 18.2 Å². The number of para-hydroxylation sites is 2. The molecular weight excluding hydrogens is 480 g/mol. The third-order valence-electron chi connectivity index (χ3n) is 4.22. The molecule has 0 heterocycles. The summed E-state index contributed by atoms with van der Waals surface area (Å²) < 4.78 is 60.9. The zero-order chi connectivity index (χ0) is 23.5. The molecule has 0 saturated heterocycles. The van der Waals surface area contributed by atoms with Gasteiger partial charge in [0.15, 0.2) is 0 Å². The van der Waals surface area contributed by atoms with Crippen molar-refractivity contribution < 1.29 is 31.5 Å². The van der Waals surface area contributed by atoms with Crippen molar-refractivity contribution in [2.45, 2.75) is 9.79 Å². The Morgan fingerprint density at radius 2 is 1.62 bits per heavy atom. The first-order chi connectivity index (χ1) is 15.0. The van der Waals surface area contributed by atoms with E-state index in [1.165, 1.54) is 37.4 Å². The highest BCUT2D eigenvalue weighted by Gasteiger charge is 2.22. The summed E-state index contributed by atoms with van der Waals surface area (Å²) >= 11 is 5.94. The largest absolute Gasteiger partial charge is 0.495 e. The van der Waals surface area contributed by atoms with Crippen molar-refractivity contribution in [3.05, 3.63) is 77.3 Å². The summed E-state index contributed by atoms with van der Waals surface area (Å²) in [6.07, 6.45) is 0. The van der Waals surface area contributed by atoms with Gasteiger partial charge in [-0.3, -0.25) is 9.44 Å². The van der Waals surface area contributed by atoms with E-state index in [9.17, 15) is 21.6 Å². The molecule has 0 bridgehead atoms. The van der Waals surface area contributed by atoms with Gasteiger partial charge < -0.3 is 9.84 Å². The van der Waals surface area contributed by atoms with Gasteiger partial charge in [0.05, 0.1) is 34.0 Å². The van der Waals surface area contributed by atoms with Crippen LogP contribution in [-0.4, -0.2) is 35.0 Å². The number of aromatic carboxylic acids is 1. The zero-order valence-corrected chi connectivity index (χ0v) is 18.8. The van der Waals surface area contributed by atoms with Crippen molar-refractivity contribution in [2.75, 3.05) is 16.6 Å². The molecule has 0 aliphatic rings. The van der Waals surface area contributed by atoms with Crippen LogP contribution in [-0.2, 0) is 20.0 Å². The minimum absolute atomic E-state index is 0.0651. The maximum Gasteiger partial charge on any atom is 0.335 e.